The lowest BCUT2D eigenvalue weighted by molar-refractivity contribution is -0.123. The Balaban J connectivity index is 1.50. The van der Waals surface area contributed by atoms with Crippen molar-refractivity contribution >= 4 is 27.5 Å². The van der Waals surface area contributed by atoms with Crippen molar-refractivity contribution in [3.63, 3.8) is 0 Å². The van der Waals surface area contributed by atoms with Crippen LogP contribution >= 0.6 is 15.9 Å². The Bertz CT molecular complexity index is 746. The van der Waals surface area contributed by atoms with E-state index in [9.17, 15) is 4.79 Å². The van der Waals surface area contributed by atoms with Crippen LogP contribution in [0.25, 0.3) is 0 Å². The Morgan fingerprint density at radius 1 is 1.22 bits per heavy atom. The number of hydrogen-bond donors (Lipinski definition) is 1. The van der Waals surface area contributed by atoms with E-state index in [0.29, 0.717) is 5.75 Å². The van der Waals surface area contributed by atoms with Crippen molar-refractivity contribution < 1.29 is 9.53 Å². The standard InChI is InChI=1S/C22H27BrN2O2/c1-16-4-3-13-25(14-16)20-9-5-18(6-10-20)17(2)24-22(26)15-27-21-11-7-19(23)8-12-21/h5-12,16-17H,3-4,13-15H2,1-2H3,(H,24,26)/t16-,17+/m1/s1. The molecule has 1 fully saturated rings. The third kappa shape index (κ3) is 5.73. The molecular weight excluding hydrogens is 404 g/mol. The van der Waals surface area contributed by atoms with Crippen molar-refractivity contribution in [1.82, 2.24) is 5.32 Å². The van der Waals surface area contributed by atoms with E-state index in [1.165, 1.54) is 18.5 Å². The molecule has 1 N–H and O–H groups in total. The zero-order valence-corrected chi connectivity index (χ0v) is 17.5. The number of rotatable bonds is 6. The summed E-state index contributed by atoms with van der Waals surface area (Å²) < 4.78 is 6.51. The number of carbonyl (C=O) groups excluding carboxylic acids is 1. The first-order valence-corrected chi connectivity index (χ1v) is 10.3. The third-order valence-corrected chi connectivity index (χ3v) is 5.50. The van der Waals surface area contributed by atoms with E-state index in [1.807, 2.05) is 31.2 Å². The maximum Gasteiger partial charge on any atom is 0.258 e. The molecule has 5 heteroatoms. The van der Waals surface area contributed by atoms with Gasteiger partial charge in [0.1, 0.15) is 5.75 Å². The fourth-order valence-electron chi connectivity index (χ4n) is 3.44. The molecule has 0 saturated carbocycles. The zero-order valence-electron chi connectivity index (χ0n) is 16.0. The minimum Gasteiger partial charge on any atom is -0.484 e. The Morgan fingerprint density at radius 2 is 1.93 bits per heavy atom. The molecule has 2 atom stereocenters. The highest BCUT2D eigenvalue weighted by Gasteiger charge is 2.17. The van der Waals surface area contributed by atoms with Crippen molar-refractivity contribution in [3.8, 4) is 5.75 Å². The first-order valence-electron chi connectivity index (χ1n) is 9.54. The van der Waals surface area contributed by atoms with Crippen LogP contribution in [0.15, 0.2) is 53.0 Å². The van der Waals surface area contributed by atoms with E-state index in [0.717, 1.165) is 29.0 Å². The summed E-state index contributed by atoms with van der Waals surface area (Å²) >= 11 is 3.38. The molecule has 3 rings (SSSR count). The second-order valence-electron chi connectivity index (χ2n) is 7.32. The van der Waals surface area contributed by atoms with Crippen LogP contribution in [0, 0.1) is 5.92 Å². The van der Waals surface area contributed by atoms with Gasteiger partial charge in [0.25, 0.3) is 5.91 Å². The molecule has 1 aliphatic heterocycles. The molecule has 144 valence electrons. The predicted molar refractivity (Wildman–Crippen MR) is 113 cm³/mol. The smallest absolute Gasteiger partial charge is 0.258 e. The van der Waals surface area contributed by atoms with Gasteiger partial charge in [-0.25, -0.2) is 0 Å². The molecule has 0 aliphatic carbocycles. The number of nitrogens with one attached hydrogen (secondary N) is 1. The molecule has 1 aliphatic rings. The summed E-state index contributed by atoms with van der Waals surface area (Å²) in [6.07, 6.45) is 2.58. The van der Waals surface area contributed by atoms with E-state index < -0.39 is 0 Å². The molecule has 0 radical (unpaired) electrons. The summed E-state index contributed by atoms with van der Waals surface area (Å²) in [4.78, 5) is 14.6. The average Bonchev–Trinajstić information content (AvgIpc) is 2.67. The van der Waals surface area contributed by atoms with Gasteiger partial charge in [0.05, 0.1) is 6.04 Å². The van der Waals surface area contributed by atoms with Gasteiger partial charge in [-0.1, -0.05) is 35.0 Å². The quantitative estimate of drug-likeness (QED) is 0.705. The fraction of sp³-hybridized carbons (Fsp3) is 0.409. The highest BCUT2D eigenvalue weighted by molar-refractivity contribution is 9.10. The monoisotopic (exact) mass is 430 g/mol. The average molecular weight is 431 g/mol. The van der Waals surface area contributed by atoms with Gasteiger partial charge in [-0.15, -0.1) is 0 Å². The number of amides is 1. The van der Waals surface area contributed by atoms with Crippen LogP contribution in [0.4, 0.5) is 5.69 Å². The van der Waals surface area contributed by atoms with Crippen LogP contribution in [0.1, 0.15) is 38.3 Å². The van der Waals surface area contributed by atoms with E-state index in [4.69, 9.17) is 4.74 Å². The van der Waals surface area contributed by atoms with Crippen LogP contribution in [0.2, 0.25) is 0 Å². The minimum atomic E-state index is -0.126. The highest BCUT2D eigenvalue weighted by atomic mass is 79.9. The van der Waals surface area contributed by atoms with Gasteiger partial charge in [-0.05, 0) is 67.6 Å². The van der Waals surface area contributed by atoms with Crippen LogP contribution in [-0.4, -0.2) is 25.6 Å². The Kier molecular flexibility index (Phi) is 6.78. The molecule has 1 heterocycles. The summed E-state index contributed by atoms with van der Waals surface area (Å²) in [6, 6.07) is 15.9. The first kappa shape index (κ1) is 19.7. The number of ether oxygens (including phenoxy) is 1. The lowest BCUT2D eigenvalue weighted by atomic mass is 9.99. The van der Waals surface area contributed by atoms with Crippen molar-refractivity contribution in [1.29, 1.82) is 0 Å². The number of halogens is 1. The largest absolute Gasteiger partial charge is 0.484 e. The lowest BCUT2D eigenvalue weighted by Crippen LogP contribution is -2.34. The molecule has 1 saturated heterocycles. The first-order chi connectivity index (χ1) is 13.0. The predicted octanol–water partition coefficient (Wildman–Crippen LogP) is 4.94. The SMILES string of the molecule is C[C@@H]1CCCN(c2ccc([C@H](C)NC(=O)COc3ccc(Br)cc3)cc2)C1. The van der Waals surface area contributed by atoms with Gasteiger partial charge in [0, 0.05) is 23.2 Å². The van der Waals surface area contributed by atoms with Crippen molar-refractivity contribution in [2.45, 2.75) is 32.7 Å². The molecule has 4 nitrogen and oxygen atoms in total. The van der Waals surface area contributed by atoms with Crippen molar-refractivity contribution in [2.75, 3.05) is 24.6 Å². The van der Waals surface area contributed by atoms with E-state index in [1.54, 1.807) is 0 Å². The van der Waals surface area contributed by atoms with E-state index in [2.05, 4.69) is 57.3 Å². The summed E-state index contributed by atoms with van der Waals surface area (Å²) in [7, 11) is 0. The number of nitrogens with zero attached hydrogens (tertiary/aromatic N) is 1. The van der Waals surface area contributed by atoms with Crippen molar-refractivity contribution in [3.05, 3.63) is 58.6 Å². The number of benzene rings is 2. The Labute approximate surface area is 170 Å². The van der Waals surface area contributed by atoms with Gasteiger partial charge in [0.15, 0.2) is 6.61 Å². The molecular formula is C22H27BrN2O2. The zero-order chi connectivity index (χ0) is 19.2. The number of piperidine rings is 1. The summed E-state index contributed by atoms with van der Waals surface area (Å²) in [6.45, 7) is 6.57. The van der Waals surface area contributed by atoms with Crippen molar-refractivity contribution in [2.24, 2.45) is 5.92 Å². The van der Waals surface area contributed by atoms with Gasteiger partial charge in [0.2, 0.25) is 0 Å². The molecule has 0 unspecified atom stereocenters. The molecule has 27 heavy (non-hydrogen) atoms. The summed E-state index contributed by atoms with van der Waals surface area (Å²) in [5.74, 6) is 1.31. The molecule has 0 bridgehead atoms. The Hall–Kier alpha value is -2.01. The molecule has 2 aromatic rings. The molecule has 1 amide bonds. The molecule has 0 aromatic heterocycles. The van der Waals surface area contributed by atoms with Gasteiger partial charge in [-0.2, -0.15) is 0 Å². The summed E-state index contributed by atoms with van der Waals surface area (Å²) in [5.41, 5.74) is 2.36. The maximum atomic E-state index is 12.2. The molecule has 0 spiro atoms. The Morgan fingerprint density at radius 3 is 2.59 bits per heavy atom. The number of carbonyl (C=O) groups is 1. The third-order valence-electron chi connectivity index (χ3n) is 4.98. The van der Waals surface area contributed by atoms with E-state index >= 15 is 0 Å². The topological polar surface area (TPSA) is 41.6 Å². The van der Waals surface area contributed by atoms with Gasteiger partial charge >= 0.3 is 0 Å². The second kappa shape index (κ2) is 9.27. The fourth-order valence-corrected chi connectivity index (χ4v) is 3.71. The highest BCUT2D eigenvalue weighted by Crippen LogP contribution is 2.24. The van der Waals surface area contributed by atoms with Crippen LogP contribution in [-0.2, 0) is 4.79 Å². The van der Waals surface area contributed by atoms with Crippen LogP contribution in [0.3, 0.4) is 0 Å². The second-order valence-corrected chi connectivity index (χ2v) is 8.23. The van der Waals surface area contributed by atoms with Gasteiger partial charge in [-0.3, -0.25) is 4.79 Å². The molecule has 2 aromatic carbocycles. The normalized spacial score (nSPS) is 18.0. The van der Waals surface area contributed by atoms with Gasteiger partial charge < -0.3 is 15.0 Å². The van der Waals surface area contributed by atoms with E-state index in [-0.39, 0.29) is 18.6 Å². The minimum absolute atomic E-state index is 0.00964. The lowest BCUT2D eigenvalue weighted by Gasteiger charge is -2.33. The van der Waals surface area contributed by atoms with Crippen LogP contribution in [0.5, 0.6) is 5.75 Å². The summed E-state index contributed by atoms with van der Waals surface area (Å²) in [5, 5.41) is 3.00. The number of hydrogen-bond acceptors (Lipinski definition) is 3. The van der Waals surface area contributed by atoms with Crippen LogP contribution < -0.4 is 15.0 Å². The maximum absolute atomic E-state index is 12.2. The number of anilines is 1.